The Kier molecular flexibility index (Phi) is 6.79. The highest BCUT2D eigenvalue weighted by atomic mass is 16.5. The molecule has 0 N–H and O–H groups in total. The van der Waals surface area contributed by atoms with E-state index >= 15 is 0 Å². The number of carbonyl (C=O) groups is 1. The quantitative estimate of drug-likeness (QED) is 0.532. The third kappa shape index (κ3) is 5.22. The molecule has 25 heavy (non-hydrogen) atoms. The van der Waals surface area contributed by atoms with E-state index < -0.39 is 0 Å². The number of nitrogens with zero attached hydrogens (tertiary/aromatic N) is 2. The molecule has 2 rings (SSSR count). The summed E-state index contributed by atoms with van der Waals surface area (Å²) in [6.07, 6.45) is 3.38. The fourth-order valence-electron chi connectivity index (χ4n) is 2.48. The summed E-state index contributed by atoms with van der Waals surface area (Å²) >= 11 is 0. The molecule has 0 aliphatic rings. The van der Waals surface area contributed by atoms with Gasteiger partial charge in [0.05, 0.1) is 0 Å². The Balaban J connectivity index is 2.01. The van der Waals surface area contributed by atoms with Crippen molar-refractivity contribution in [3.63, 3.8) is 0 Å². The lowest BCUT2D eigenvalue weighted by molar-refractivity contribution is 0.104. The van der Waals surface area contributed by atoms with Crippen LogP contribution in [0, 0.1) is 11.3 Å². The molecule has 0 aliphatic carbocycles. The molecule has 2 aromatic rings. The molecular weight excluding hydrogens is 312 g/mol. The molecule has 0 saturated heterocycles. The van der Waals surface area contributed by atoms with Crippen LogP contribution in [0.15, 0.2) is 54.6 Å². The van der Waals surface area contributed by atoms with Gasteiger partial charge in [-0.3, -0.25) is 4.79 Å². The van der Waals surface area contributed by atoms with Gasteiger partial charge in [-0.1, -0.05) is 18.2 Å². The van der Waals surface area contributed by atoms with Crippen LogP contribution < -0.4 is 9.64 Å². The van der Waals surface area contributed by atoms with Gasteiger partial charge in [-0.25, -0.2) is 0 Å². The second kappa shape index (κ2) is 9.29. The molecule has 0 heterocycles. The van der Waals surface area contributed by atoms with Gasteiger partial charge >= 0.3 is 0 Å². The van der Waals surface area contributed by atoms with E-state index in [2.05, 4.69) is 30.9 Å². The maximum absolute atomic E-state index is 12.2. The molecule has 2 aromatic carbocycles. The van der Waals surface area contributed by atoms with Gasteiger partial charge in [0.2, 0.25) is 0 Å². The molecule has 0 spiro atoms. The Labute approximate surface area is 149 Å². The molecule has 0 amide bonds. The molecular formula is C21H22N2O2. The molecule has 0 saturated carbocycles. The first-order chi connectivity index (χ1) is 12.2. The van der Waals surface area contributed by atoms with E-state index in [0.29, 0.717) is 11.3 Å². The number of benzene rings is 2. The van der Waals surface area contributed by atoms with Crippen molar-refractivity contribution in [2.24, 2.45) is 0 Å². The van der Waals surface area contributed by atoms with Gasteiger partial charge in [-0.05, 0) is 61.9 Å². The van der Waals surface area contributed by atoms with Crippen molar-refractivity contribution in [1.29, 1.82) is 5.26 Å². The Morgan fingerprint density at radius 1 is 1.08 bits per heavy atom. The highest BCUT2D eigenvalue weighted by molar-refractivity contribution is 6.06. The number of allylic oxidation sites excluding steroid dienone is 1. The summed E-state index contributed by atoms with van der Waals surface area (Å²) in [5.41, 5.74) is 2.75. The number of carbonyl (C=O) groups excluding carboxylic acids is 1. The first-order valence-electron chi connectivity index (χ1n) is 8.35. The molecule has 0 fully saturated rings. The van der Waals surface area contributed by atoms with Gasteiger partial charge in [-0.2, -0.15) is 5.26 Å². The van der Waals surface area contributed by atoms with E-state index in [4.69, 9.17) is 10.00 Å². The second-order valence-corrected chi connectivity index (χ2v) is 5.43. The largest absolute Gasteiger partial charge is 0.479 e. The molecule has 0 aliphatic heterocycles. The highest BCUT2D eigenvalue weighted by Crippen LogP contribution is 2.17. The van der Waals surface area contributed by atoms with E-state index in [0.717, 1.165) is 18.7 Å². The van der Waals surface area contributed by atoms with Crippen LogP contribution in [0.4, 0.5) is 5.69 Å². The maximum Gasteiger partial charge on any atom is 0.185 e. The SMILES string of the molecule is CCN(CC)c1ccc(C=CC(=O)c2ccc(OCC#N)cc2)cc1. The zero-order valence-electron chi connectivity index (χ0n) is 14.6. The van der Waals surface area contributed by atoms with Crippen molar-refractivity contribution in [3.8, 4) is 11.8 Å². The van der Waals surface area contributed by atoms with E-state index in [1.54, 1.807) is 30.3 Å². The lowest BCUT2D eigenvalue weighted by Crippen LogP contribution is -2.21. The average Bonchev–Trinajstić information content (AvgIpc) is 2.67. The lowest BCUT2D eigenvalue weighted by atomic mass is 10.1. The Morgan fingerprint density at radius 3 is 2.28 bits per heavy atom. The summed E-state index contributed by atoms with van der Waals surface area (Å²) in [4.78, 5) is 14.5. The molecule has 4 heteroatoms. The number of hydrogen-bond donors (Lipinski definition) is 0. The molecule has 0 bridgehead atoms. The second-order valence-electron chi connectivity index (χ2n) is 5.43. The Bertz CT molecular complexity index is 752. The van der Waals surface area contributed by atoms with E-state index in [1.165, 1.54) is 5.69 Å². The minimum atomic E-state index is -0.0698. The van der Waals surface area contributed by atoms with Crippen molar-refractivity contribution in [1.82, 2.24) is 0 Å². The minimum Gasteiger partial charge on any atom is -0.479 e. The normalized spacial score (nSPS) is 10.4. The van der Waals surface area contributed by atoms with Crippen LogP contribution >= 0.6 is 0 Å². The molecule has 0 unspecified atom stereocenters. The third-order valence-electron chi connectivity index (χ3n) is 3.89. The number of nitriles is 1. The van der Waals surface area contributed by atoms with E-state index in [9.17, 15) is 4.79 Å². The predicted octanol–water partition coefficient (Wildman–Crippen LogP) is 4.33. The summed E-state index contributed by atoms with van der Waals surface area (Å²) in [5.74, 6) is 0.508. The smallest absolute Gasteiger partial charge is 0.185 e. The van der Waals surface area contributed by atoms with Crippen molar-refractivity contribution in [2.75, 3.05) is 24.6 Å². The molecule has 0 radical (unpaired) electrons. The number of ketones is 1. The van der Waals surface area contributed by atoms with Crippen LogP contribution in [0.3, 0.4) is 0 Å². The topological polar surface area (TPSA) is 53.3 Å². The summed E-state index contributed by atoms with van der Waals surface area (Å²) in [5, 5.41) is 8.48. The van der Waals surface area contributed by atoms with Crippen molar-refractivity contribution >= 4 is 17.5 Å². The van der Waals surface area contributed by atoms with Gasteiger partial charge in [0.15, 0.2) is 12.4 Å². The number of ether oxygens (including phenoxy) is 1. The maximum atomic E-state index is 12.2. The van der Waals surface area contributed by atoms with E-state index in [1.807, 2.05) is 24.3 Å². The van der Waals surface area contributed by atoms with Gasteiger partial charge < -0.3 is 9.64 Å². The predicted molar refractivity (Wildman–Crippen MR) is 101 cm³/mol. The van der Waals surface area contributed by atoms with Gasteiger partial charge in [0.1, 0.15) is 11.8 Å². The van der Waals surface area contributed by atoms with Gasteiger partial charge in [0.25, 0.3) is 0 Å². The molecule has 0 atom stereocenters. The summed E-state index contributed by atoms with van der Waals surface area (Å²) in [7, 11) is 0. The van der Waals surface area contributed by atoms with Crippen LogP contribution in [0.5, 0.6) is 5.75 Å². The van der Waals surface area contributed by atoms with Crippen LogP contribution in [-0.2, 0) is 0 Å². The fraction of sp³-hybridized carbons (Fsp3) is 0.238. The Morgan fingerprint density at radius 2 is 1.72 bits per heavy atom. The van der Waals surface area contributed by atoms with Crippen LogP contribution in [0.2, 0.25) is 0 Å². The van der Waals surface area contributed by atoms with Gasteiger partial charge in [-0.15, -0.1) is 0 Å². The van der Waals surface area contributed by atoms with Crippen molar-refractivity contribution in [2.45, 2.75) is 13.8 Å². The standard InChI is InChI=1S/C21H22N2O2/c1-3-23(4-2)19-10-5-17(6-11-19)7-14-21(24)18-8-12-20(13-9-18)25-16-15-22/h5-14H,3-4,16H2,1-2H3. The number of anilines is 1. The highest BCUT2D eigenvalue weighted by Gasteiger charge is 2.03. The number of rotatable bonds is 8. The van der Waals surface area contributed by atoms with Crippen LogP contribution in [-0.4, -0.2) is 25.5 Å². The first kappa shape index (κ1) is 18.3. The van der Waals surface area contributed by atoms with Gasteiger partial charge in [0, 0.05) is 24.3 Å². The molecule has 128 valence electrons. The first-order valence-corrected chi connectivity index (χ1v) is 8.35. The molecule has 0 aromatic heterocycles. The fourth-order valence-corrected chi connectivity index (χ4v) is 2.48. The third-order valence-corrected chi connectivity index (χ3v) is 3.89. The van der Waals surface area contributed by atoms with Crippen molar-refractivity contribution < 1.29 is 9.53 Å². The van der Waals surface area contributed by atoms with Crippen LogP contribution in [0.1, 0.15) is 29.8 Å². The summed E-state index contributed by atoms with van der Waals surface area (Å²) in [6.45, 7) is 6.20. The Hall–Kier alpha value is -3.06. The zero-order valence-corrected chi connectivity index (χ0v) is 14.6. The number of hydrogen-bond acceptors (Lipinski definition) is 4. The summed E-state index contributed by atoms with van der Waals surface area (Å²) in [6, 6.07) is 16.8. The van der Waals surface area contributed by atoms with E-state index in [-0.39, 0.29) is 12.4 Å². The van der Waals surface area contributed by atoms with Crippen molar-refractivity contribution in [3.05, 3.63) is 65.7 Å². The zero-order chi connectivity index (χ0) is 18.1. The lowest BCUT2D eigenvalue weighted by Gasteiger charge is -2.20. The molecule has 4 nitrogen and oxygen atoms in total. The minimum absolute atomic E-state index is 0.00329. The summed E-state index contributed by atoms with van der Waals surface area (Å²) < 4.78 is 5.17. The van der Waals surface area contributed by atoms with Crippen LogP contribution in [0.25, 0.3) is 6.08 Å². The monoisotopic (exact) mass is 334 g/mol. The average molecular weight is 334 g/mol.